The smallest absolute Gasteiger partial charge is 0.409 e. The van der Waals surface area contributed by atoms with E-state index in [2.05, 4.69) is 10.3 Å². The predicted molar refractivity (Wildman–Crippen MR) is 158 cm³/mol. The number of hydrogen-bond acceptors (Lipinski definition) is 9. The number of aliphatic carboxylic acids is 1. The summed E-state index contributed by atoms with van der Waals surface area (Å²) in [6.45, 7) is 5.08. The second-order valence-corrected chi connectivity index (χ2v) is 11.3. The molecule has 42 heavy (non-hydrogen) atoms. The molecule has 1 aromatic heterocycles. The Bertz CT molecular complexity index is 1230. The number of amides is 3. The van der Waals surface area contributed by atoms with Crippen molar-refractivity contribution < 1.29 is 33.8 Å². The Kier molecular flexibility index (Phi) is 11.1. The van der Waals surface area contributed by atoms with Crippen LogP contribution in [0.25, 0.3) is 10.6 Å². The summed E-state index contributed by atoms with van der Waals surface area (Å²) in [4.78, 5) is 60.4. The van der Waals surface area contributed by atoms with Crippen LogP contribution in [0.4, 0.5) is 9.80 Å². The number of ether oxygens (including phenoxy) is 2. The van der Waals surface area contributed by atoms with Crippen LogP contribution < -0.4 is 10.2 Å². The van der Waals surface area contributed by atoms with Gasteiger partial charge in [0.1, 0.15) is 16.1 Å². The number of unbranched alkanes of at least 4 members (excludes halogenated alkanes) is 1. The Morgan fingerprint density at radius 2 is 1.81 bits per heavy atom. The highest BCUT2D eigenvalue weighted by Gasteiger charge is 2.32. The van der Waals surface area contributed by atoms with Crippen LogP contribution in [0.5, 0.6) is 0 Å². The Hall–Kier alpha value is -3.71. The Balaban J connectivity index is 1.37. The van der Waals surface area contributed by atoms with Crippen molar-refractivity contribution in [2.75, 3.05) is 57.9 Å². The number of thiazole rings is 1. The first-order chi connectivity index (χ1) is 20.3. The summed E-state index contributed by atoms with van der Waals surface area (Å²) < 4.78 is 10.7. The minimum Gasteiger partial charge on any atom is -0.480 e. The molecule has 2 aliphatic rings. The number of nitrogens with one attached hydrogen (secondary N) is 1. The molecule has 0 aliphatic carbocycles. The number of methoxy groups -OCH3 is 1. The average molecular weight is 602 g/mol. The Morgan fingerprint density at radius 1 is 1.10 bits per heavy atom. The van der Waals surface area contributed by atoms with Gasteiger partial charge in [-0.15, -0.1) is 0 Å². The van der Waals surface area contributed by atoms with Crippen LogP contribution in [0.2, 0.25) is 0 Å². The molecule has 228 valence electrons. The maximum Gasteiger partial charge on any atom is 0.409 e. The number of benzene rings is 1. The summed E-state index contributed by atoms with van der Waals surface area (Å²) in [5.41, 5.74) is 1.02. The van der Waals surface area contributed by atoms with Crippen molar-refractivity contribution in [2.45, 2.75) is 51.2 Å². The maximum absolute atomic E-state index is 13.4. The summed E-state index contributed by atoms with van der Waals surface area (Å²) in [5, 5.41) is 13.8. The first-order valence-corrected chi connectivity index (χ1v) is 15.2. The van der Waals surface area contributed by atoms with Gasteiger partial charge in [0.25, 0.3) is 5.91 Å². The van der Waals surface area contributed by atoms with Gasteiger partial charge in [-0.2, -0.15) is 0 Å². The van der Waals surface area contributed by atoms with Crippen LogP contribution in [-0.2, 0) is 19.1 Å². The van der Waals surface area contributed by atoms with Crippen LogP contribution in [0.1, 0.15) is 49.5 Å². The van der Waals surface area contributed by atoms with Crippen molar-refractivity contribution in [2.24, 2.45) is 0 Å². The lowest BCUT2D eigenvalue weighted by molar-refractivity contribution is -0.140. The summed E-state index contributed by atoms with van der Waals surface area (Å²) in [6, 6.07) is 8.24. The number of carbonyl (C=O) groups excluding carboxylic acids is 3. The SMILES string of the molecule is CCCCOC(=O)N1CCN(C(=O)CC[C@H](NC(=O)c2nc(-c3ccccc3)sc2N2CC[C@H](OC)C2)C(=O)O)CC1. The topological polar surface area (TPSA) is 142 Å². The van der Waals surface area contributed by atoms with Crippen molar-refractivity contribution >= 4 is 40.2 Å². The fraction of sp³-hybridized carbons (Fsp3) is 0.552. The van der Waals surface area contributed by atoms with Crippen molar-refractivity contribution in [3.8, 4) is 10.6 Å². The third-order valence-corrected chi connectivity index (χ3v) is 8.64. The highest BCUT2D eigenvalue weighted by Crippen LogP contribution is 2.36. The van der Waals surface area contributed by atoms with Gasteiger partial charge < -0.3 is 34.6 Å². The van der Waals surface area contributed by atoms with Gasteiger partial charge in [0.05, 0.1) is 12.7 Å². The molecule has 0 saturated carbocycles. The lowest BCUT2D eigenvalue weighted by Crippen LogP contribution is -2.51. The second-order valence-electron chi connectivity index (χ2n) is 10.4. The number of anilines is 1. The number of carboxylic acid groups (broad SMARTS) is 1. The van der Waals surface area contributed by atoms with Crippen molar-refractivity contribution in [3.05, 3.63) is 36.0 Å². The minimum absolute atomic E-state index is 0.0366. The fourth-order valence-corrected chi connectivity index (χ4v) is 6.03. The van der Waals surface area contributed by atoms with Crippen LogP contribution in [0.3, 0.4) is 0 Å². The molecule has 0 bridgehead atoms. The number of carbonyl (C=O) groups is 4. The lowest BCUT2D eigenvalue weighted by Gasteiger charge is -2.34. The molecule has 2 N–H and O–H groups in total. The zero-order valence-electron chi connectivity index (χ0n) is 24.1. The molecule has 2 saturated heterocycles. The van der Waals surface area contributed by atoms with Crippen LogP contribution in [-0.4, -0.2) is 109 Å². The summed E-state index contributed by atoms with van der Waals surface area (Å²) in [6.07, 6.45) is 2.07. The van der Waals surface area contributed by atoms with Crippen molar-refractivity contribution in [1.82, 2.24) is 20.1 Å². The van der Waals surface area contributed by atoms with Gasteiger partial charge >= 0.3 is 12.1 Å². The number of hydrogen-bond donors (Lipinski definition) is 2. The molecule has 1 aromatic carbocycles. The third kappa shape index (κ3) is 7.97. The average Bonchev–Trinajstić information content (AvgIpc) is 3.67. The zero-order chi connectivity index (χ0) is 30.1. The molecule has 2 aliphatic heterocycles. The van der Waals surface area contributed by atoms with E-state index >= 15 is 0 Å². The Labute approximate surface area is 249 Å². The second kappa shape index (κ2) is 15.0. The molecular formula is C29H39N5O7S. The van der Waals surface area contributed by atoms with Gasteiger partial charge in [-0.3, -0.25) is 9.59 Å². The summed E-state index contributed by atoms with van der Waals surface area (Å²) in [7, 11) is 1.66. The van der Waals surface area contributed by atoms with Gasteiger partial charge in [0.15, 0.2) is 5.69 Å². The monoisotopic (exact) mass is 601 g/mol. The molecule has 2 fully saturated rings. The van der Waals surface area contributed by atoms with E-state index in [-0.39, 0.29) is 36.6 Å². The number of carboxylic acids is 1. The fourth-order valence-electron chi connectivity index (χ4n) is 4.93. The van der Waals surface area contributed by atoms with Crippen molar-refractivity contribution in [3.63, 3.8) is 0 Å². The standard InChI is InChI=1S/C29H39N5O7S/c1-3-4-18-41-29(39)33-16-14-32(15-17-33)23(35)11-10-22(28(37)38)30-25(36)24-27(34-13-12-21(19-34)40-2)42-26(31-24)20-8-6-5-7-9-20/h5-9,21-22H,3-4,10-19H2,1-2H3,(H,30,36)(H,37,38)/t21-,22-/m0/s1. The van der Waals surface area contributed by atoms with Gasteiger partial charge in [-0.05, 0) is 19.3 Å². The molecular weight excluding hydrogens is 562 g/mol. The highest BCUT2D eigenvalue weighted by atomic mass is 32.1. The molecule has 0 radical (unpaired) electrons. The van der Waals surface area contributed by atoms with Gasteiger partial charge in [-0.1, -0.05) is 55.0 Å². The number of piperazine rings is 1. The maximum atomic E-state index is 13.4. The normalized spacial score (nSPS) is 17.7. The summed E-state index contributed by atoms with van der Waals surface area (Å²) in [5.74, 6) is -2.05. The Morgan fingerprint density at radius 3 is 2.45 bits per heavy atom. The van der Waals surface area contributed by atoms with E-state index in [9.17, 15) is 24.3 Å². The van der Waals surface area contributed by atoms with Crippen LogP contribution in [0.15, 0.2) is 30.3 Å². The van der Waals surface area contributed by atoms with Crippen LogP contribution >= 0.6 is 11.3 Å². The number of rotatable bonds is 12. The zero-order valence-corrected chi connectivity index (χ0v) is 24.9. The molecule has 0 spiro atoms. The quantitative estimate of drug-likeness (QED) is 0.351. The first-order valence-electron chi connectivity index (χ1n) is 14.4. The van der Waals surface area contributed by atoms with Gasteiger partial charge in [-0.25, -0.2) is 14.6 Å². The van der Waals surface area contributed by atoms with E-state index < -0.39 is 17.9 Å². The summed E-state index contributed by atoms with van der Waals surface area (Å²) >= 11 is 1.38. The highest BCUT2D eigenvalue weighted by molar-refractivity contribution is 7.19. The van der Waals surface area contributed by atoms with Crippen molar-refractivity contribution in [1.29, 1.82) is 0 Å². The molecule has 12 nitrogen and oxygen atoms in total. The molecule has 0 unspecified atom stereocenters. The number of aromatic nitrogens is 1. The van der Waals surface area contributed by atoms with E-state index in [4.69, 9.17) is 9.47 Å². The predicted octanol–water partition coefficient (Wildman–Crippen LogP) is 3.08. The lowest BCUT2D eigenvalue weighted by atomic mass is 10.1. The van der Waals surface area contributed by atoms with Crippen LogP contribution in [0, 0.1) is 0 Å². The molecule has 3 amide bonds. The molecule has 13 heteroatoms. The number of nitrogens with zero attached hydrogens (tertiary/aromatic N) is 4. The third-order valence-electron chi connectivity index (χ3n) is 7.47. The molecule has 2 aromatic rings. The van der Waals surface area contributed by atoms with E-state index in [0.717, 1.165) is 24.8 Å². The van der Waals surface area contributed by atoms with Gasteiger partial charge in [0.2, 0.25) is 5.91 Å². The molecule has 3 heterocycles. The first kappa shape index (κ1) is 31.2. The molecule has 4 rings (SSSR count). The minimum atomic E-state index is -1.27. The largest absolute Gasteiger partial charge is 0.480 e. The van der Waals surface area contributed by atoms with E-state index in [1.165, 1.54) is 11.3 Å². The molecule has 2 atom stereocenters. The van der Waals surface area contributed by atoms with E-state index in [0.29, 0.717) is 55.9 Å². The van der Waals surface area contributed by atoms with Gasteiger partial charge in [0, 0.05) is 58.4 Å². The van der Waals surface area contributed by atoms with E-state index in [1.807, 2.05) is 42.2 Å². The van der Waals surface area contributed by atoms with E-state index in [1.54, 1.807) is 16.9 Å².